The summed E-state index contributed by atoms with van der Waals surface area (Å²) >= 11 is 0. The molecule has 5 nitrogen and oxygen atoms in total. The zero-order valence-corrected chi connectivity index (χ0v) is 13.8. The van der Waals surface area contributed by atoms with Crippen LogP contribution in [-0.4, -0.2) is 49.5 Å². The molecule has 2 rings (SSSR count). The molecule has 1 aliphatic heterocycles. The van der Waals surface area contributed by atoms with Gasteiger partial charge in [0.25, 0.3) is 0 Å². The van der Waals surface area contributed by atoms with E-state index in [0.717, 1.165) is 16.9 Å². The Hall–Kier alpha value is -1.96. The molecule has 1 heterocycles. The number of carbonyl (C=O) groups excluding carboxylic acids is 1. The maximum absolute atomic E-state index is 12.9. The summed E-state index contributed by atoms with van der Waals surface area (Å²) in [6, 6.07) is 3.48. The molecule has 1 aromatic rings. The summed E-state index contributed by atoms with van der Waals surface area (Å²) in [5, 5.41) is 2.62. The fourth-order valence-electron chi connectivity index (χ4n) is 2.75. The van der Waals surface area contributed by atoms with Gasteiger partial charge in [0, 0.05) is 18.3 Å². The van der Waals surface area contributed by atoms with Gasteiger partial charge in [-0.3, -0.25) is 0 Å². The van der Waals surface area contributed by atoms with Gasteiger partial charge in [-0.15, -0.1) is 0 Å². The van der Waals surface area contributed by atoms with Crippen LogP contribution in [0.1, 0.15) is 19.4 Å². The van der Waals surface area contributed by atoms with Crippen LogP contribution < -0.4 is 10.1 Å². The van der Waals surface area contributed by atoms with Crippen LogP contribution in [0.5, 0.6) is 5.75 Å². The lowest BCUT2D eigenvalue weighted by atomic mass is 10.1. The van der Waals surface area contributed by atoms with Crippen LogP contribution in [0.25, 0.3) is 0 Å². The predicted molar refractivity (Wildman–Crippen MR) is 83.4 cm³/mol. The summed E-state index contributed by atoms with van der Waals surface area (Å²) in [6.45, 7) is 3.25. The molecule has 0 aromatic heterocycles. The monoisotopic (exact) mass is 346 g/mol. The quantitative estimate of drug-likeness (QED) is 0.912. The van der Waals surface area contributed by atoms with Gasteiger partial charge in [-0.05, 0) is 25.0 Å². The minimum Gasteiger partial charge on any atom is -0.496 e. The smallest absolute Gasteiger partial charge is 0.416 e. The zero-order chi connectivity index (χ0) is 17.9. The van der Waals surface area contributed by atoms with Crippen molar-refractivity contribution in [1.82, 2.24) is 4.90 Å². The lowest BCUT2D eigenvalue weighted by Crippen LogP contribution is -2.58. The Kier molecular flexibility index (Phi) is 5.58. The highest BCUT2D eigenvalue weighted by molar-refractivity contribution is 5.90. The minimum atomic E-state index is -4.51. The molecule has 0 radical (unpaired) electrons. The van der Waals surface area contributed by atoms with Crippen LogP contribution in [0.4, 0.5) is 23.7 Å². The molecule has 1 aromatic carbocycles. The molecule has 24 heavy (non-hydrogen) atoms. The molecule has 2 atom stereocenters. The number of ether oxygens (including phenoxy) is 2. The number of rotatable bonds is 3. The highest BCUT2D eigenvalue weighted by Gasteiger charge is 2.49. The highest BCUT2D eigenvalue weighted by Crippen LogP contribution is 2.30. The van der Waals surface area contributed by atoms with Gasteiger partial charge in [0.05, 0.1) is 19.8 Å². The van der Waals surface area contributed by atoms with Crippen LogP contribution in [0.3, 0.4) is 0 Å². The second kappa shape index (κ2) is 7.29. The average Bonchev–Trinajstić information content (AvgIpc) is 2.53. The molecule has 8 heteroatoms. The average molecular weight is 346 g/mol. The number of carbonyl (C=O) groups is 1. The maximum Gasteiger partial charge on any atom is 0.416 e. The Morgan fingerprint density at radius 2 is 2.17 bits per heavy atom. The number of alkyl halides is 3. The molecule has 134 valence electrons. The number of aryl methyl sites for hydroxylation is 1. The Morgan fingerprint density at radius 1 is 1.46 bits per heavy atom. The van der Waals surface area contributed by atoms with Gasteiger partial charge in [-0.25, -0.2) is 4.79 Å². The largest absolute Gasteiger partial charge is 0.496 e. The van der Waals surface area contributed by atoms with Crippen molar-refractivity contribution in [2.75, 3.05) is 25.6 Å². The molecule has 1 aliphatic rings. The second-order valence-corrected chi connectivity index (χ2v) is 5.58. The summed E-state index contributed by atoms with van der Waals surface area (Å²) in [5.74, 6) is 0.624. The first kappa shape index (κ1) is 18.4. The van der Waals surface area contributed by atoms with E-state index in [1.54, 1.807) is 12.1 Å². The van der Waals surface area contributed by atoms with Gasteiger partial charge < -0.3 is 19.7 Å². The number of hydrogen-bond donors (Lipinski definition) is 1. The molecule has 2 unspecified atom stereocenters. The van der Waals surface area contributed by atoms with Crippen molar-refractivity contribution in [2.45, 2.75) is 38.6 Å². The van der Waals surface area contributed by atoms with Crippen LogP contribution in [0.15, 0.2) is 18.2 Å². The number of urea groups is 1. The van der Waals surface area contributed by atoms with E-state index in [4.69, 9.17) is 9.47 Å². The van der Waals surface area contributed by atoms with Gasteiger partial charge in [0.15, 0.2) is 6.10 Å². The minimum absolute atomic E-state index is 0.101. The molecule has 1 fully saturated rings. The highest BCUT2D eigenvalue weighted by atomic mass is 19.4. The van der Waals surface area contributed by atoms with E-state index < -0.39 is 24.4 Å². The molecule has 0 bridgehead atoms. The fourth-order valence-corrected chi connectivity index (χ4v) is 2.75. The zero-order valence-electron chi connectivity index (χ0n) is 13.8. The molecule has 0 aliphatic carbocycles. The van der Waals surface area contributed by atoms with Gasteiger partial charge in [-0.2, -0.15) is 13.2 Å². The number of halogens is 3. The summed E-state index contributed by atoms with van der Waals surface area (Å²) in [7, 11) is 1.53. The Labute approximate surface area is 138 Å². The second-order valence-electron chi connectivity index (χ2n) is 5.58. The molecular weight excluding hydrogens is 325 g/mol. The molecule has 1 saturated heterocycles. The lowest BCUT2D eigenvalue weighted by molar-refractivity contribution is -0.246. The van der Waals surface area contributed by atoms with Gasteiger partial charge in [0.1, 0.15) is 5.75 Å². The summed E-state index contributed by atoms with van der Waals surface area (Å²) in [5.41, 5.74) is 1.45. The summed E-state index contributed by atoms with van der Waals surface area (Å²) < 4.78 is 48.9. The van der Waals surface area contributed by atoms with Gasteiger partial charge in [-0.1, -0.05) is 13.0 Å². The van der Waals surface area contributed by atoms with Gasteiger partial charge >= 0.3 is 12.2 Å². The summed E-state index contributed by atoms with van der Waals surface area (Å²) in [4.78, 5) is 13.5. The van der Waals surface area contributed by atoms with Gasteiger partial charge in [0.2, 0.25) is 0 Å². The third kappa shape index (κ3) is 3.92. The number of anilines is 1. The van der Waals surface area contributed by atoms with E-state index in [0.29, 0.717) is 11.4 Å². The maximum atomic E-state index is 12.9. The third-order valence-electron chi connectivity index (χ3n) is 4.06. The summed E-state index contributed by atoms with van der Waals surface area (Å²) in [6.07, 6.45) is -5.72. The van der Waals surface area contributed by atoms with Crippen LogP contribution in [0.2, 0.25) is 0 Å². The standard InChI is InChI=1S/C16H21F3N2O3/c1-4-11-5-6-12(9-13(11)23-3)20-15(22)21-7-8-24-14(10(21)2)16(17,18)19/h5-6,9-10,14H,4,7-8H2,1-3H3,(H,20,22). The fraction of sp³-hybridized carbons (Fsp3) is 0.562. The number of nitrogens with one attached hydrogen (secondary N) is 1. The van der Waals surface area contributed by atoms with Crippen molar-refractivity contribution in [1.29, 1.82) is 0 Å². The van der Waals surface area contributed by atoms with E-state index in [1.165, 1.54) is 14.0 Å². The van der Waals surface area contributed by atoms with Crippen molar-refractivity contribution < 1.29 is 27.4 Å². The van der Waals surface area contributed by atoms with Crippen LogP contribution in [0, 0.1) is 0 Å². The van der Waals surface area contributed by atoms with E-state index >= 15 is 0 Å². The molecule has 1 N–H and O–H groups in total. The number of methoxy groups -OCH3 is 1. The van der Waals surface area contributed by atoms with Crippen molar-refractivity contribution in [3.05, 3.63) is 23.8 Å². The normalized spacial score (nSPS) is 21.5. The van der Waals surface area contributed by atoms with Crippen LogP contribution >= 0.6 is 0 Å². The van der Waals surface area contributed by atoms with Crippen molar-refractivity contribution in [3.8, 4) is 5.75 Å². The first-order chi connectivity index (χ1) is 11.3. The lowest BCUT2D eigenvalue weighted by Gasteiger charge is -2.39. The van der Waals surface area contributed by atoms with Crippen molar-refractivity contribution in [3.63, 3.8) is 0 Å². The number of morpholine rings is 1. The van der Waals surface area contributed by atoms with Crippen LogP contribution in [-0.2, 0) is 11.2 Å². The third-order valence-corrected chi connectivity index (χ3v) is 4.06. The Morgan fingerprint density at radius 3 is 2.75 bits per heavy atom. The SMILES string of the molecule is CCc1ccc(NC(=O)N2CCOC(C(F)(F)F)C2C)cc1OC. The Bertz CT molecular complexity index is 592. The molecule has 0 spiro atoms. The first-order valence-electron chi connectivity index (χ1n) is 7.70. The van der Waals surface area contributed by atoms with Crippen molar-refractivity contribution >= 4 is 11.7 Å². The van der Waals surface area contributed by atoms with Crippen molar-refractivity contribution in [2.24, 2.45) is 0 Å². The molecule has 0 saturated carbocycles. The predicted octanol–water partition coefficient (Wildman–Crippen LogP) is 3.44. The molecular formula is C16H21F3N2O3. The number of benzene rings is 1. The topological polar surface area (TPSA) is 50.8 Å². The number of nitrogens with zero attached hydrogens (tertiary/aromatic N) is 1. The Balaban J connectivity index is 2.11. The first-order valence-corrected chi connectivity index (χ1v) is 7.70. The van der Waals surface area contributed by atoms with E-state index in [-0.39, 0.29) is 13.2 Å². The number of amides is 2. The van der Waals surface area contributed by atoms with E-state index in [9.17, 15) is 18.0 Å². The number of hydrogen-bond acceptors (Lipinski definition) is 3. The van der Waals surface area contributed by atoms with E-state index in [1.807, 2.05) is 13.0 Å². The molecule has 2 amide bonds. The van der Waals surface area contributed by atoms with E-state index in [2.05, 4.69) is 5.32 Å².